The fraction of sp³-hybridized carbons (Fsp3) is 0. The topological polar surface area (TPSA) is 51.8 Å². The third-order valence-electron chi connectivity index (χ3n) is 8.54. The Hall–Kier alpha value is -6.13. The molecule has 210 valence electrons. The number of hydrogen-bond acceptors (Lipinski definition) is 4. The van der Waals surface area contributed by atoms with Gasteiger partial charge in [0.05, 0.1) is 0 Å². The lowest BCUT2D eigenvalue weighted by Gasteiger charge is -2.12. The second kappa shape index (κ2) is 10.2. The first-order valence-electron chi connectivity index (χ1n) is 15.0. The third-order valence-corrected chi connectivity index (χ3v) is 8.54. The SMILES string of the molecule is c1ccc(-c2ccc(-c3nc(-c4ccccc4)nc(-c4cccc5c4ccc4ccc6oc7ccccc7c6c45)n3)cc2)cc1. The van der Waals surface area contributed by atoms with Gasteiger partial charge in [-0.3, -0.25) is 0 Å². The Kier molecular flexibility index (Phi) is 5.78. The first-order valence-corrected chi connectivity index (χ1v) is 15.0. The lowest BCUT2D eigenvalue weighted by atomic mass is 9.95. The largest absolute Gasteiger partial charge is 0.456 e. The van der Waals surface area contributed by atoms with E-state index >= 15 is 0 Å². The van der Waals surface area contributed by atoms with Crippen LogP contribution in [0.15, 0.2) is 156 Å². The van der Waals surface area contributed by atoms with Crippen LogP contribution in [0.25, 0.3) is 88.8 Å². The molecule has 9 rings (SSSR count). The fourth-order valence-corrected chi connectivity index (χ4v) is 6.38. The van der Waals surface area contributed by atoms with Crippen molar-refractivity contribution in [1.82, 2.24) is 15.0 Å². The predicted octanol–water partition coefficient (Wildman–Crippen LogP) is 10.7. The van der Waals surface area contributed by atoms with Gasteiger partial charge in [-0.25, -0.2) is 15.0 Å². The van der Waals surface area contributed by atoms with Crippen molar-refractivity contribution in [2.45, 2.75) is 0 Å². The van der Waals surface area contributed by atoms with Gasteiger partial charge in [0.1, 0.15) is 11.2 Å². The summed E-state index contributed by atoms with van der Waals surface area (Å²) in [5.41, 5.74) is 6.94. The van der Waals surface area contributed by atoms with Crippen LogP contribution in [0.3, 0.4) is 0 Å². The van der Waals surface area contributed by atoms with E-state index in [2.05, 4.69) is 103 Å². The molecule has 2 heterocycles. The van der Waals surface area contributed by atoms with Crippen LogP contribution in [-0.2, 0) is 0 Å². The molecule has 0 saturated heterocycles. The van der Waals surface area contributed by atoms with E-state index in [1.54, 1.807) is 0 Å². The number of rotatable bonds is 4. The summed E-state index contributed by atoms with van der Waals surface area (Å²) >= 11 is 0. The molecule has 0 unspecified atom stereocenters. The molecular weight excluding hydrogens is 550 g/mol. The summed E-state index contributed by atoms with van der Waals surface area (Å²) in [5.74, 6) is 1.92. The van der Waals surface area contributed by atoms with Crippen molar-refractivity contribution in [3.05, 3.63) is 152 Å². The van der Waals surface area contributed by atoms with Gasteiger partial charge < -0.3 is 4.42 Å². The molecule has 7 aromatic carbocycles. The van der Waals surface area contributed by atoms with Crippen molar-refractivity contribution in [1.29, 1.82) is 0 Å². The van der Waals surface area contributed by atoms with Gasteiger partial charge in [0.15, 0.2) is 17.5 Å². The van der Waals surface area contributed by atoms with E-state index in [1.165, 1.54) is 16.3 Å². The number of nitrogens with zero attached hydrogens (tertiary/aromatic N) is 3. The van der Waals surface area contributed by atoms with E-state index in [0.29, 0.717) is 17.5 Å². The van der Waals surface area contributed by atoms with Crippen molar-refractivity contribution in [2.75, 3.05) is 0 Å². The summed E-state index contributed by atoms with van der Waals surface area (Å²) in [6, 6.07) is 52.1. The minimum Gasteiger partial charge on any atom is -0.456 e. The Morgan fingerprint density at radius 1 is 0.333 bits per heavy atom. The Morgan fingerprint density at radius 2 is 0.911 bits per heavy atom. The summed E-state index contributed by atoms with van der Waals surface area (Å²) in [6.45, 7) is 0. The highest BCUT2D eigenvalue weighted by atomic mass is 16.3. The number of fused-ring (bicyclic) bond motifs is 7. The summed E-state index contributed by atoms with van der Waals surface area (Å²) in [6.07, 6.45) is 0. The van der Waals surface area contributed by atoms with E-state index in [9.17, 15) is 0 Å². The molecule has 2 aromatic heterocycles. The highest BCUT2D eigenvalue weighted by Gasteiger charge is 2.17. The van der Waals surface area contributed by atoms with Crippen molar-refractivity contribution in [3.63, 3.8) is 0 Å². The maximum atomic E-state index is 6.26. The molecule has 0 saturated carbocycles. The van der Waals surface area contributed by atoms with Gasteiger partial charge >= 0.3 is 0 Å². The lowest BCUT2D eigenvalue weighted by Crippen LogP contribution is -2.00. The van der Waals surface area contributed by atoms with E-state index in [1.807, 2.05) is 48.5 Å². The molecule has 0 amide bonds. The summed E-state index contributed by atoms with van der Waals surface area (Å²) in [5, 5.41) is 6.80. The minimum atomic E-state index is 0.638. The van der Waals surface area contributed by atoms with Crippen LogP contribution in [0.1, 0.15) is 0 Å². The highest BCUT2D eigenvalue weighted by Crippen LogP contribution is 2.40. The van der Waals surface area contributed by atoms with Crippen LogP contribution in [0.5, 0.6) is 0 Å². The molecule has 0 aliphatic rings. The Labute approximate surface area is 259 Å². The number of aromatic nitrogens is 3. The third kappa shape index (κ3) is 4.27. The van der Waals surface area contributed by atoms with Crippen LogP contribution in [0.2, 0.25) is 0 Å². The van der Waals surface area contributed by atoms with Crippen LogP contribution in [-0.4, -0.2) is 15.0 Å². The van der Waals surface area contributed by atoms with Crippen molar-refractivity contribution < 1.29 is 4.42 Å². The summed E-state index contributed by atoms with van der Waals surface area (Å²) in [4.78, 5) is 15.1. The first-order chi connectivity index (χ1) is 22.3. The molecule has 0 atom stereocenters. The van der Waals surface area contributed by atoms with E-state index in [0.717, 1.165) is 55.0 Å². The van der Waals surface area contributed by atoms with Crippen molar-refractivity contribution in [2.24, 2.45) is 0 Å². The smallest absolute Gasteiger partial charge is 0.164 e. The van der Waals surface area contributed by atoms with E-state index < -0.39 is 0 Å². The van der Waals surface area contributed by atoms with E-state index in [4.69, 9.17) is 19.4 Å². The first kappa shape index (κ1) is 25.4. The standard InChI is InChI=1S/C41H25N3O/c1-3-10-26(11-4-1)27-18-20-30(21-19-27)40-42-39(29-12-5-2-6-13-29)43-41(44-40)33-16-9-15-32-31(33)24-22-28-23-25-36-38(37(28)32)34-14-7-8-17-35(34)45-36/h1-25H. The average molecular weight is 576 g/mol. The molecule has 0 bridgehead atoms. The lowest BCUT2D eigenvalue weighted by molar-refractivity contribution is 0.669. The van der Waals surface area contributed by atoms with Crippen molar-refractivity contribution in [3.8, 4) is 45.3 Å². The fourth-order valence-electron chi connectivity index (χ4n) is 6.38. The number of para-hydroxylation sites is 1. The monoisotopic (exact) mass is 575 g/mol. The number of furan rings is 1. The average Bonchev–Trinajstić information content (AvgIpc) is 3.51. The summed E-state index contributed by atoms with van der Waals surface area (Å²) in [7, 11) is 0. The molecule has 0 radical (unpaired) electrons. The number of hydrogen-bond donors (Lipinski definition) is 0. The van der Waals surface area contributed by atoms with Gasteiger partial charge in [0.25, 0.3) is 0 Å². The Balaban J connectivity index is 1.27. The van der Waals surface area contributed by atoms with Gasteiger partial charge in [-0.1, -0.05) is 140 Å². The molecule has 4 nitrogen and oxygen atoms in total. The van der Waals surface area contributed by atoms with Crippen LogP contribution in [0.4, 0.5) is 0 Å². The van der Waals surface area contributed by atoms with E-state index in [-0.39, 0.29) is 0 Å². The zero-order valence-corrected chi connectivity index (χ0v) is 24.2. The molecule has 4 heteroatoms. The molecule has 0 spiro atoms. The van der Waals surface area contributed by atoms with Gasteiger partial charge in [-0.2, -0.15) is 0 Å². The molecule has 0 aliphatic carbocycles. The zero-order valence-electron chi connectivity index (χ0n) is 24.2. The maximum absolute atomic E-state index is 6.26. The van der Waals surface area contributed by atoms with Crippen LogP contribution >= 0.6 is 0 Å². The maximum Gasteiger partial charge on any atom is 0.164 e. The molecule has 0 aliphatic heterocycles. The Bertz CT molecular complexity index is 2520. The quantitative estimate of drug-likeness (QED) is 0.196. The Morgan fingerprint density at radius 3 is 1.69 bits per heavy atom. The second-order valence-electron chi connectivity index (χ2n) is 11.2. The van der Waals surface area contributed by atoms with Crippen molar-refractivity contribution >= 4 is 43.5 Å². The molecule has 0 fully saturated rings. The molecule has 9 aromatic rings. The van der Waals surface area contributed by atoms with Gasteiger partial charge in [0, 0.05) is 32.8 Å². The van der Waals surface area contributed by atoms with Gasteiger partial charge in [-0.15, -0.1) is 0 Å². The van der Waals surface area contributed by atoms with Crippen LogP contribution < -0.4 is 0 Å². The molecule has 45 heavy (non-hydrogen) atoms. The minimum absolute atomic E-state index is 0.638. The predicted molar refractivity (Wildman–Crippen MR) is 184 cm³/mol. The van der Waals surface area contributed by atoms with Gasteiger partial charge in [-0.05, 0) is 39.4 Å². The summed E-state index contributed by atoms with van der Waals surface area (Å²) < 4.78 is 6.26. The molecular formula is C41H25N3O. The zero-order chi connectivity index (χ0) is 29.7. The highest BCUT2D eigenvalue weighted by molar-refractivity contribution is 6.27. The second-order valence-corrected chi connectivity index (χ2v) is 11.2. The van der Waals surface area contributed by atoms with Crippen LogP contribution in [0, 0.1) is 0 Å². The normalized spacial score (nSPS) is 11.6. The molecule has 0 N–H and O–H groups in total. The van der Waals surface area contributed by atoms with Gasteiger partial charge in [0.2, 0.25) is 0 Å². The number of benzene rings is 7.